The van der Waals surface area contributed by atoms with Crippen molar-refractivity contribution in [1.82, 2.24) is 0 Å². The molecule has 2 saturated heterocycles. The number of anilines is 1. The Kier molecular flexibility index (Phi) is 3.04. The Labute approximate surface area is 146 Å². The highest BCUT2D eigenvalue weighted by Gasteiger charge is 2.77. The first-order chi connectivity index (χ1) is 11.9. The van der Waals surface area contributed by atoms with E-state index in [1.54, 1.807) is 0 Å². The zero-order valence-corrected chi connectivity index (χ0v) is 14.3. The van der Waals surface area contributed by atoms with E-state index in [0.29, 0.717) is 12.1 Å². The predicted molar refractivity (Wildman–Crippen MR) is 88.4 cm³/mol. The number of amides is 1. The fourth-order valence-electron chi connectivity index (χ4n) is 5.88. The molecule has 1 unspecified atom stereocenters. The molecule has 1 amide bonds. The van der Waals surface area contributed by atoms with Crippen LogP contribution in [0.2, 0.25) is 0 Å². The van der Waals surface area contributed by atoms with Crippen LogP contribution in [0.1, 0.15) is 20.3 Å². The van der Waals surface area contributed by atoms with Gasteiger partial charge in [0.1, 0.15) is 0 Å². The summed E-state index contributed by atoms with van der Waals surface area (Å²) in [5.41, 5.74) is -0.711. The third kappa shape index (κ3) is 1.81. The molecular formula is C19H23NO5. The Morgan fingerprint density at radius 3 is 2.64 bits per heavy atom. The number of carbonyl (C=O) groups is 1. The van der Waals surface area contributed by atoms with Crippen LogP contribution < -0.4 is 4.90 Å². The number of rotatable bonds is 2. The van der Waals surface area contributed by atoms with Crippen LogP contribution in [0, 0.1) is 23.7 Å². The number of hydrogen-bond donors (Lipinski definition) is 2. The number of piperidine rings is 1. The van der Waals surface area contributed by atoms with E-state index in [2.05, 4.69) is 0 Å². The van der Waals surface area contributed by atoms with Gasteiger partial charge in [0.15, 0.2) is 11.5 Å². The quantitative estimate of drug-likeness (QED) is 0.840. The number of aliphatic hydroxyl groups is 2. The van der Waals surface area contributed by atoms with Gasteiger partial charge in [0, 0.05) is 23.4 Å². The molecule has 7 atom stereocenters. The summed E-state index contributed by atoms with van der Waals surface area (Å²) in [4.78, 5) is 14.7. The van der Waals surface area contributed by atoms with Crippen molar-refractivity contribution in [2.75, 3.05) is 11.5 Å². The second-order valence-electron chi connectivity index (χ2n) is 8.17. The molecule has 6 nitrogen and oxygen atoms in total. The van der Waals surface area contributed by atoms with Gasteiger partial charge in [-0.1, -0.05) is 18.2 Å². The summed E-state index contributed by atoms with van der Waals surface area (Å²) in [5, 5.41) is 21.8. The van der Waals surface area contributed by atoms with E-state index in [0.717, 1.165) is 0 Å². The summed E-state index contributed by atoms with van der Waals surface area (Å²) < 4.78 is 12.1. The summed E-state index contributed by atoms with van der Waals surface area (Å²) in [6.07, 6.45) is 0.161. The third-order valence-electron chi connectivity index (χ3n) is 6.57. The molecule has 6 heteroatoms. The molecule has 1 aromatic rings. The maximum atomic E-state index is 13.2. The topological polar surface area (TPSA) is 79.2 Å². The highest BCUT2D eigenvalue weighted by molar-refractivity contribution is 6.01. The number of benzene rings is 1. The van der Waals surface area contributed by atoms with Crippen LogP contribution in [0.5, 0.6) is 0 Å². The molecule has 2 aliphatic heterocycles. The van der Waals surface area contributed by atoms with Crippen molar-refractivity contribution in [2.45, 2.75) is 44.0 Å². The highest BCUT2D eigenvalue weighted by atomic mass is 16.8. The first-order valence-corrected chi connectivity index (χ1v) is 8.96. The molecule has 2 aliphatic carbocycles. The first kappa shape index (κ1) is 15.8. The SMILES string of the molecule is CC1(C)O[C@@H]2[C@H]3C(CO)[C@@]4(O)[C@@H](C[C@@H]2O1)[C@@H]3C(=O)N4c1ccccc1. The lowest BCUT2D eigenvalue weighted by Crippen LogP contribution is -2.59. The van der Waals surface area contributed by atoms with E-state index in [1.807, 2.05) is 44.2 Å². The van der Waals surface area contributed by atoms with Gasteiger partial charge in [-0.15, -0.1) is 0 Å². The van der Waals surface area contributed by atoms with Gasteiger partial charge in [0.25, 0.3) is 0 Å². The largest absolute Gasteiger partial charge is 0.396 e. The number of para-hydroxylation sites is 1. The van der Waals surface area contributed by atoms with Crippen molar-refractivity contribution in [3.63, 3.8) is 0 Å². The lowest BCUT2D eigenvalue weighted by molar-refractivity contribution is -0.163. The molecule has 2 N–H and O–H groups in total. The van der Waals surface area contributed by atoms with Crippen LogP contribution in [0.15, 0.2) is 30.3 Å². The van der Waals surface area contributed by atoms with Gasteiger partial charge in [-0.2, -0.15) is 0 Å². The zero-order chi connectivity index (χ0) is 17.6. The molecule has 4 bridgehead atoms. The molecule has 134 valence electrons. The summed E-state index contributed by atoms with van der Waals surface area (Å²) in [5.74, 6) is -1.99. The Hall–Kier alpha value is -1.47. The Bertz CT molecular complexity index is 722. The first-order valence-electron chi connectivity index (χ1n) is 8.96. The van der Waals surface area contributed by atoms with E-state index >= 15 is 0 Å². The van der Waals surface area contributed by atoms with E-state index in [1.165, 1.54) is 4.90 Å². The molecular weight excluding hydrogens is 322 g/mol. The molecule has 5 rings (SSSR count). The molecule has 2 saturated carbocycles. The van der Waals surface area contributed by atoms with Crippen molar-refractivity contribution in [2.24, 2.45) is 23.7 Å². The minimum Gasteiger partial charge on any atom is -0.396 e. The molecule has 4 fully saturated rings. The monoisotopic (exact) mass is 345 g/mol. The summed E-state index contributed by atoms with van der Waals surface area (Å²) in [7, 11) is 0. The van der Waals surface area contributed by atoms with Crippen LogP contribution >= 0.6 is 0 Å². The molecule has 2 heterocycles. The van der Waals surface area contributed by atoms with Gasteiger partial charge in [0.05, 0.1) is 24.7 Å². The maximum absolute atomic E-state index is 13.2. The van der Waals surface area contributed by atoms with Gasteiger partial charge >= 0.3 is 0 Å². The molecule has 4 aliphatic rings. The Morgan fingerprint density at radius 2 is 1.96 bits per heavy atom. The van der Waals surface area contributed by atoms with Gasteiger partial charge < -0.3 is 19.7 Å². The number of aliphatic hydroxyl groups excluding tert-OH is 1. The molecule has 0 spiro atoms. The Balaban J connectivity index is 1.60. The molecule has 1 aromatic carbocycles. The third-order valence-corrected chi connectivity index (χ3v) is 6.57. The normalized spacial score (nSPS) is 46.6. The van der Waals surface area contributed by atoms with Gasteiger partial charge in [-0.05, 0) is 32.4 Å². The maximum Gasteiger partial charge on any atom is 0.233 e. The van der Waals surface area contributed by atoms with Gasteiger partial charge in [0.2, 0.25) is 5.91 Å². The standard InChI is InChI=1S/C19H23NO5/c1-18(2)24-13-8-11-15-14(16(13)25-18)12(9-21)19(11,23)20(17(15)22)10-6-4-3-5-7-10/h3-7,11-16,21,23H,8-9H2,1-2H3/t11-,12?,13-,14-,15-,16-,19-/m0/s1. The fourth-order valence-corrected chi connectivity index (χ4v) is 5.88. The number of ether oxygens (including phenoxy) is 2. The Morgan fingerprint density at radius 1 is 1.24 bits per heavy atom. The average molecular weight is 345 g/mol. The van der Waals surface area contributed by atoms with Crippen LogP contribution in [-0.2, 0) is 14.3 Å². The average Bonchev–Trinajstić information content (AvgIpc) is 3.07. The second kappa shape index (κ2) is 4.82. The van der Waals surface area contributed by atoms with Crippen molar-refractivity contribution in [3.05, 3.63) is 30.3 Å². The van der Waals surface area contributed by atoms with E-state index in [4.69, 9.17) is 9.47 Å². The zero-order valence-electron chi connectivity index (χ0n) is 14.3. The van der Waals surface area contributed by atoms with Crippen LogP contribution in [0.25, 0.3) is 0 Å². The number of fused-ring (bicyclic) bond motifs is 2. The van der Waals surface area contributed by atoms with Crippen molar-refractivity contribution >= 4 is 11.6 Å². The highest BCUT2D eigenvalue weighted by Crippen LogP contribution is 2.65. The van der Waals surface area contributed by atoms with Crippen molar-refractivity contribution < 1.29 is 24.5 Å². The fraction of sp³-hybridized carbons (Fsp3) is 0.632. The number of carbonyl (C=O) groups excluding carboxylic acids is 1. The molecule has 0 radical (unpaired) electrons. The van der Waals surface area contributed by atoms with Crippen molar-refractivity contribution in [3.8, 4) is 0 Å². The summed E-state index contributed by atoms with van der Waals surface area (Å²) in [6.45, 7) is 3.56. The van der Waals surface area contributed by atoms with Crippen LogP contribution in [0.3, 0.4) is 0 Å². The number of nitrogens with zero attached hydrogens (tertiary/aromatic N) is 1. The smallest absolute Gasteiger partial charge is 0.233 e. The van der Waals surface area contributed by atoms with E-state index in [-0.39, 0.29) is 42.5 Å². The van der Waals surface area contributed by atoms with E-state index in [9.17, 15) is 15.0 Å². The molecule has 25 heavy (non-hydrogen) atoms. The second-order valence-corrected chi connectivity index (χ2v) is 8.17. The van der Waals surface area contributed by atoms with Gasteiger partial charge in [-0.3, -0.25) is 9.69 Å². The molecule has 0 aromatic heterocycles. The van der Waals surface area contributed by atoms with E-state index < -0.39 is 17.4 Å². The minimum atomic E-state index is -1.39. The number of hydrogen-bond acceptors (Lipinski definition) is 5. The summed E-state index contributed by atoms with van der Waals surface area (Å²) in [6, 6.07) is 9.23. The lowest BCUT2D eigenvalue weighted by Gasteiger charge is -2.44. The lowest BCUT2D eigenvalue weighted by atomic mass is 9.74. The summed E-state index contributed by atoms with van der Waals surface area (Å²) >= 11 is 0. The minimum absolute atomic E-state index is 0.0693. The van der Waals surface area contributed by atoms with Crippen molar-refractivity contribution in [1.29, 1.82) is 0 Å². The predicted octanol–water partition coefficient (Wildman–Crippen LogP) is 1.12. The van der Waals surface area contributed by atoms with Gasteiger partial charge in [-0.25, -0.2) is 0 Å². The van der Waals surface area contributed by atoms with Crippen LogP contribution in [0.4, 0.5) is 5.69 Å². The van der Waals surface area contributed by atoms with Crippen LogP contribution in [-0.4, -0.2) is 46.4 Å².